The Bertz CT molecular complexity index is 672. The summed E-state index contributed by atoms with van der Waals surface area (Å²) in [5.41, 5.74) is 6.44. The first-order chi connectivity index (χ1) is 10.1. The van der Waals surface area contributed by atoms with Crippen molar-refractivity contribution in [2.45, 2.75) is 31.9 Å². The van der Waals surface area contributed by atoms with Gasteiger partial charge in [0, 0.05) is 24.2 Å². The molecule has 3 rings (SSSR count). The number of fused-ring (bicyclic) bond motifs is 1. The molecule has 0 spiro atoms. The fraction of sp³-hybridized carbons (Fsp3) is 0.375. The van der Waals surface area contributed by atoms with Crippen LogP contribution in [0.4, 0.5) is 5.82 Å². The number of carbonyl (C=O) groups is 1. The molecule has 5 nitrogen and oxygen atoms in total. The third kappa shape index (κ3) is 2.83. The standard InChI is InChI=1S/C16H19N3O2/c1-10-8-11(6-7-21-10)19-16(20)14-9-18-15(17)13-5-3-2-4-12(13)14/h2-5,9-11H,6-8H2,1H3,(H2,17,18)(H,19,20). The minimum Gasteiger partial charge on any atom is -0.383 e. The van der Waals surface area contributed by atoms with Crippen molar-refractivity contribution in [3.05, 3.63) is 36.0 Å². The molecule has 1 aliphatic heterocycles. The molecule has 0 bridgehead atoms. The summed E-state index contributed by atoms with van der Waals surface area (Å²) in [4.78, 5) is 16.6. The number of carbonyl (C=O) groups excluding carboxylic acids is 1. The van der Waals surface area contributed by atoms with Gasteiger partial charge in [0.05, 0.1) is 11.7 Å². The smallest absolute Gasteiger partial charge is 0.253 e. The number of hydrogen-bond donors (Lipinski definition) is 2. The number of aromatic nitrogens is 1. The predicted molar refractivity (Wildman–Crippen MR) is 82.1 cm³/mol. The summed E-state index contributed by atoms with van der Waals surface area (Å²) < 4.78 is 5.50. The summed E-state index contributed by atoms with van der Waals surface area (Å²) in [6.07, 6.45) is 3.42. The molecule has 110 valence electrons. The number of pyridine rings is 1. The van der Waals surface area contributed by atoms with Crippen LogP contribution in [0.15, 0.2) is 30.5 Å². The number of amides is 1. The fourth-order valence-corrected chi connectivity index (χ4v) is 2.79. The van der Waals surface area contributed by atoms with E-state index in [0.717, 1.165) is 23.6 Å². The van der Waals surface area contributed by atoms with Gasteiger partial charge in [-0.25, -0.2) is 4.98 Å². The van der Waals surface area contributed by atoms with Crippen molar-refractivity contribution < 1.29 is 9.53 Å². The molecule has 21 heavy (non-hydrogen) atoms. The number of nitrogens with zero attached hydrogens (tertiary/aromatic N) is 1. The van der Waals surface area contributed by atoms with Gasteiger partial charge in [-0.05, 0) is 25.2 Å². The summed E-state index contributed by atoms with van der Waals surface area (Å²) in [6.45, 7) is 2.71. The lowest BCUT2D eigenvalue weighted by atomic mass is 10.0. The van der Waals surface area contributed by atoms with Gasteiger partial charge in [-0.15, -0.1) is 0 Å². The Kier molecular flexibility index (Phi) is 3.75. The lowest BCUT2D eigenvalue weighted by Crippen LogP contribution is -2.41. The van der Waals surface area contributed by atoms with E-state index >= 15 is 0 Å². The van der Waals surface area contributed by atoms with Crippen LogP contribution >= 0.6 is 0 Å². The minimum absolute atomic E-state index is 0.0993. The normalized spacial score (nSPS) is 22.1. The van der Waals surface area contributed by atoms with E-state index in [9.17, 15) is 4.79 Å². The topological polar surface area (TPSA) is 77.2 Å². The number of nitrogens with one attached hydrogen (secondary N) is 1. The zero-order chi connectivity index (χ0) is 14.8. The summed E-state index contributed by atoms with van der Waals surface area (Å²) in [5, 5.41) is 4.72. The van der Waals surface area contributed by atoms with Crippen LogP contribution in [0.25, 0.3) is 10.8 Å². The van der Waals surface area contributed by atoms with E-state index in [4.69, 9.17) is 10.5 Å². The van der Waals surface area contributed by atoms with Crippen molar-refractivity contribution >= 4 is 22.5 Å². The van der Waals surface area contributed by atoms with Crippen LogP contribution in [-0.4, -0.2) is 29.6 Å². The Morgan fingerprint density at radius 1 is 1.38 bits per heavy atom. The second-order valence-corrected chi connectivity index (χ2v) is 5.48. The third-order valence-electron chi connectivity index (χ3n) is 3.89. The molecule has 2 heterocycles. The molecule has 0 saturated carbocycles. The highest BCUT2D eigenvalue weighted by Gasteiger charge is 2.22. The molecule has 2 unspecified atom stereocenters. The molecule has 1 fully saturated rings. The van der Waals surface area contributed by atoms with Crippen LogP contribution in [0, 0.1) is 0 Å². The van der Waals surface area contributed by atoms with Gasteiger partial charge in [-0.2, -0.15) is 0 Å². The van der Waals surface area contributed by atoms with Crippen LogP contribution in [0.2, 0.25) is 0 Å². The van der Waals surface area contributed by atoms with Gasteiger partial charge in [0.2, 0.25) is 0 Å². The van der Waals surface area contributed by atoms with Gasteiger partial charge in [0.1, 0.15) is 5.82 Å². The minimum atomic E-state index is -0.0993. The maximum absolute atomic E-state index is 12.5. The molecule has 0 aliphatic carbocycles. The molecular weight excluding hydrogens is 266 g/mol. The van der Waals surface area contributed by atoms with Gasteiger partial charge >= 0.3 is 0 Å². The van der Waals surface area contributed by atoms with Crippen molar-refractivity contribution in [3.63, 3.8) is 0 Å². The maximum Gasteiger partial charge on any atom is 0.253 e. The molecule has 1 aromatic heterocycles. The van der Waals surface area contributed by atoms with E-state index < -0.39 is 0 Å². The molecule has 1 aliphatic rings. The average Bonchev–Trinajstić information content (AvgIpc) is 2.48. The summed E-state index contributed by atoms with van der Waals surface area (Å²) in [6, 6.07) is 7.72. The maximum atomic E-state index is 12.5. The second kappa shape index (κ2) is 5.69. The highest BCUT2D eigenvalue weighted by molar-refractivity contribution is 6.09. The number of anilines is 1. The largest absolute Gasteiger partial charge is 0.383 e. The van der Waals surface area contributed by atoms with Crippen molar-refractivity contribution in [1.82, 2.24) is 10.3 Å². The summed E-state index contributed by atoms with van der Waals surface area (Å²) in [5.74, 6) is 0.347. The van der Waals surface area contributed by atoms with Crippen molar-refractivity contribution in [3.8, 4) is 0 Å². The van der Waals surface area contributed by atoms with Crippen molar-refractivity contribution in [2.24, 2.45) is 0 Å². The first-order valence-electron chi connectivity index (χ1n) is 7.21. The molecule has 3 N–H and O–H groups in total. The molecule has 0 radical (unpaired) electrons. The summed E-state index contributed by atoms with van der Waals surface area (Å²) >= 11 is 0. The first kappa shape index (κ1) is 13.8. The highest BCUT2D eigenvalue weighted by atomic mass is 16.5. The molecule has 2 aromatic rings. The van der Waals surface area contributed by atoms with Crippen molar-refractivity contribution in [1.29, 1.82) is 0 Å². The quantitative estimate of drug-likeness (QED) is 0.886. The average molecular weight is 285 g/mol. The predicted octanol–water partition coefficient (Wildman–Crippen LogP) is 2.11. The number of ether oxygens (including phenoxy) is 1. The van der Waals surface area contributed by atoms with E-state index in [0.29, 0.717) is 18.0 Å². The number of benzene rings is 1. The van der Waals surface area contributed by atoms with E-state index in [2.05, 4.69) is 10.3 Å². The Morgan fingerprint density at radius 2 is 2.14 bits per heavy atom. The van der Waals surface area contributed by atoms with Crippen LogP contribution in [-0.2, 0) is 4.74 Å². The number of nitrogens with two attached hydrogens (primary N) is 1. The molecule has 5 heteroatoms. The Morgan fingerprint density at radius 3 is 2.90 bits per heavy atom. The Labute approximate surface area is 123 Å². The van der Waals surface area contributed by atoms with Crippen LogP contribution in [0.5, 0.6) is 0 Å². The van der Waals surface area contributed by atoms with Gasteiger partial charge in [0.25, 0.3) is 5.91 Å². The highest BCUT2D eigenvalue weighted by Crippen LogP contribution is 2.23. The van der Waals surface area contributed by atoms with E-state index in [1.807, 2.05) is 31.2 Å². The van der Waals surface area contributed by atoms with E-state index in [1.165, 1.54) is 0 Å². The lowest BCUT2D eigenvalue weighted by Gasteiger charge is -2.28. The lowest BCUT2D eigenvalue weighted by molar-refractivity contribution is 0.0137. The summed E-state index contributed by atoms with van der Waals surface area (Å²) in [7, 11) is 0. The van der Waals surface area contributed by atoms with Gasteiger partial charge in [-0.1, -0.05) is 24.3 Å². The van der Waals surface area contributed by atoms with E-state index in [-0.39, 0.29) is 18.1 Å². The Hall–Kier alpha value is -2.14. The van der Waals surface area contributed by atoms with Gasteiger partial charge in [0.15, 0.2) is 0 Å². The van der Waals surface area contributed by atoms with Crippen LogP contribution < -0.4 is 11.1 Å². The Balaban J connectivity index is 1.86. The monoisotopic (exact) mass is 285 g/mol. The van der Waals surface area contributed by atoms with Crippen LogP contribution in [0.3, 0.4) is 0 Å². The molecule has 1 amide bonds. The van der Waals surface area contributed by atoms with Gasteiger partial charge in [-0.3, -0.25) is 4.79 Å². The molecular formula is C16H19N3O2. The third-order valence-corrected chi connectivity index (χ3v) is 3.89. The zero-order valence-electron chi connectivity index (χ0n) is 12.0. The zero-order valence-corrected chi connectivity index (χ0v) is 12.0. The van der Waals surface area contributed by atoms with Crippen LogP contribution in [0.1, 0.15) is 30.1 Å². The van der Waals surface area contributed by atoms with Crippen molar-refractivity contribution in [2.75, 3.05) is 12.3 Å². The van der Waals surface area contributed by atoms with Gasteiger partial charge < -0.3 is 15.8 Å². The molecule has 1 aromatic carbocycles. The fourth-order valence-electron chi connectivity index (χ4n) is 2.79. The molecule has 1 saturated heterocycles. The second-order valence-electron chi connectivity index (χ2n) is 5.48. The number of nitrogen functional groups attached to an aromatic ring is 1. The van der Waals surface area contributed by atoms with E-state index in [1.54, 1.807) is 6.20 Å². The SMILES string of the molecule is CC1CC(NC(=O)c2cnc(N)c3ccccc23)CCO1. The molecule has 2 atom stereocenters. The first-order valence-corrected chi connectivity index (χ1v) is 7.21. The number of rotatable bonds is 2. The number of hydrogen-bond acceptors (Lipinski definition) is 4.